The van der Waals surface area contributed by atoms with E-state index in [1.807, 2.05) is 0 Å². The monoisotopic (exact) mass is 180 g/mol. The molecule has 2 aliphatic rings. The van der Waals surface area contributed by atoms with Gasteiger partial charge in [-0.15, -0.1) is 0 Å². The van der Waals surface area contributed by atoms with Crippen molar-refractivity contribution >= 4 is 5.91 Å². The van der Waals surface area contributed by atoms with E-state index >= 15 is 0 Å². The van der Waals surface area contributed by atoms with Gasteiger partial charge in [-0.2, -0.15) is 0 Å². The highest BCUT2D eigenvalue weighted by Crippen LogP contribution is 2.55. The second kappa shape index (κ2) is 2.84. The number of carbonyl (C=O) groups excluding carboxylic acids is 1. The summed E-state index contributed by atoms with van der Waals surface area (Å²) in [7, 11) is 0. The molecule has 0 atom stereocenters. The van der Waals surface area contributed by atoms with Crippen molar-refractivity contribution in [1.82, 2.24) is 5.32 Å². The summed E-state index contributed by atoms with van der Waals surface area (Å²) in [6.45, 7) is 3.42. The summed E-state index contributed by atoms with van der Waals surface area (Å²) in [5, 5.41) is 2.91. The van der Waals surface area contributed by atoms with Gasteiger partial charge in [-0.25, -0.2) is 0 Å². The van der Waals surface area contributed by atoms with Gasteiger partial charge < -0.3 is 11.1 Å². The molecule has 1 spiro atoms. The van der Waals surface area contributed by atoms with E-state index in [1.54, 1.807) is 0 Å². The van der Waals surface area contributed by atoms with Crippen LogP contribution in [0, 0.1) is 5.41 Å². The van der Waals surface area contributed by atoms with Gasteiger partial charge in [0, 0.05) is 12.1 Å². The average Bonchev–Trinajstić information content (AvgIpc) is 1.97. The van der Waals surface area contributed by atoms with Crippen LogP contribution in [0.1, 0.15) is 25.7 Å². The van der Waals surface area contributed by atoms with Crippen molar-refractivity contribution in [1.29, 1.82) is 0 Å². The second-order valence-electron chi connectivity index (χ2n) is 4.49. The molecule has 2 aliphatic carbocycles. The maximum atomic E-state index is 10.9. The lowest BCUT2D eigenvalue weighted by atomic mass is 9.52. The normalized spacial score (nSPS) is 41.9. The molecule has 72 valence electrons. The van der Waals surface area contributed by atoms with Gasteiger partial charge in [0.2, 0.25) is 5.91 Å². The van der Waals surface area contributed by atoms with Gasteiger partial charge in [0.25, 0.3) is 0 Å². The number of rotatable bonds is 2. The third-order valence-electron chi connectivity index (χ3n) is 3.28. The maximum Gasteiger partial charge on any atom is 0.243 e. The quantitative estimate of drug-likeness (QED) is 0.610. The number of amides is 1. The Bertz CT molecular complexity index is 235. The Kier molecular flexibility index (Phi) is 1.91. The molecule has 0 aromatic carbocycles. The fourth-order valence-corrected chi connectivity index (χ4v) is 2.73. The molecule has 0 aliphatic heterocycles. The standard InChI is InChI=1S/C10H16N2O/c1-2-9(13)12-8-5-10(6-8)3-7(11)4-10/h2,7-8H,1,3-6,11H2,(H,12,13). The van der Waals surface area contributed by atoms with Gasteiger partial charge >= 0.3 is 0 Å². The van der Waals surface area contributed by atoms with Gasteiger partial charge in [0.1, 0.15) is 0 Å². The summed E-state index contributed by atoms with van der Waals surface area (Å²) < 4.78 is 0. The summed E-state index contributed by atoms with van der Waals surface area (Å²) in [4.78, 5) is 10.9. The molecular weight excluding hydrogens is 164 g/mol. The minimum atomic E-state index is -0.0523. The van der Waals surface area contributed by atoms with Crippen LogP contribution in [-0.2, 0) is 4.79 Å². The molecule has 0 heterocycles. The van der Waals surface area contributed by atoms with Crippen LogP contribution in [-0.4, -0.2) is 18.0 Å². The van der Waals surface area contributed by atoms with Crippen molar-refractivity contribution in [2.24, 2.45) is 11.1 Å². The lowest BCUT2D eigenvalue weighted by Gasteiger charge is -2.56. The summed E-state index contributed by atoms with van der Waals surface area (Å²) in [5.41, 5.74) is 6.23. The predicted octanol–water partition coefficient (Wildman–Crippen LogP) is 0.558. The van der Waals surface area contributed by atoms with Crippen molar-refractivity contribution in [3.05, 3.63) is 12.7 Å². The Hall–Kier alpha value is -0.830. The zero-order valence-corrected chi connectivity index (χ0v) is 7.75. The largest absolute Gasteiger partial charge is 0.350 e. The van der Waals surface area contributed by atoms with E-state index in [9.17, 15) is 4.79 Å². The van der Waals surface area contributed by atoms with Crippen molar-refractivity contribution in [3.8, 4) is 0 Å². The third-order valence-corrected chi connectivity index (χ3v) is 3.28. The molecule has 0 bridgehead atoms. The minimum Gasteiger partial charge on any atom is -0.350 e. The van der Waals surface area contributed by atoms with Crippen LogP contribution < -0.4 is 11.1 Å². The second-order valence-corrected chi connectivity index (χ2v) is 4.49. The summed E-state index contributed by atoms with van der Waals surface area (Å²) >= 11 is 0. The van der Waals surface area contributed by atoms with E-state index < -0.39 is 0 Å². The van der Waals surface area contributed by atoms with Gasteiger partial charge in [-0.05, 0) is 37.2 Å². The Labute approximate surface area is 78.4 Å². The molecule has 2 fully saturated rings. The van der Waals surface area contributed by atoms with E-state index in [1.165, 1.54) is 6.08 Å². The number of hydrogen-bond donors (Lipinski definition) is 2. The van der Waals surface area contributed by atoms with Gasteiger partial charge in [-0.1, -0.05) is 6.58 Å². The molecule has 2 rings (SSSR count). The highest BCUT2D eigenvalue weighted by Gasteiger charge is 2.51. The van der Waals surface area contributed by atoms with Crippen molar-refractivity contribution in [2.75, 3.05) is 0 Å². The Balaban J connectivity index is 1.73. The molecule has 2 saturated carbocycles. The summed E-state index contributed by atoms with van der Waals surface area (Å²) in [5.74, 6) is -0.0523. The molecular formula is C10H16N2O. The van der Waals surface area contributed by atoms with E-state index in [0.717, 1.165) is 25.7 Å². The van der Waals surface area contributed by atoms with E-state index in [0.29, 0.717) is 17.5 Å². The van der Waals surface area contributed by atoms with Crippen LogP contribution in [0.25, 0.3) is 0 Å². The number of nitrogens with two attached hydrogens (primary N) is 1. The van der Waals surface area contributed by atoms with E-state index in [2.05, 4.69) is 11.9 Å². The highest BCUT2D eigenvalue weighted by molar-refractivity contribution is 5.87. The van der Waals surface area contributed by atoms with Crippen LogP contribution >= 0.6 is 0 Å². The van der Waals surface area contributed by atoms with Crippen LogP contribution in [0.5, 0.6) is 0 Å². The Morgan fingerprint density at radius 3 is 2.54 bits per heavy atom. The number of nitrogens with one attached hydrogen (secondary N) is 1. The zero-order valence-electron chi connectivity index (χ0n) is 7.75. The van der Waals surface area contributed by atoms with Crippen molar-refractivity contribution in [2.45, 2.75) is 37.8 Å². The van der Waals surface area contributed by atoms with E-state index in [-0.39, 0.29) is 5.91 Å². The van der Waals surface area contributed by atoms with E-state index in [4.69, 9.17) is 5.73 Å². The first-order chi connectivity index (χ1) is 6.13. The lowest BCUT2D eigenvalue weighted by Crippen LogP contribution is -2.59. The minimum absolute atomic E-state index is 0.0523. The molecule has 1 amide bonds. The molecule has 0 saturated heterocycles. The molecule has 0 aromatic heterocycles. The Morgan fingerprint density at radius 1 is 1.46 bits per heavy atom. The van der Waals surface area contributed by atoms with Crippen LogP contribution in [0.3, 0.4) is 0 Å². The molecule has 0 radical (unpaired) electrons. The zero-order chi connectivity index (χ0) is 9.47. The first-order valence-electron chi connectivity index (χ1n) is 4.82. The fourth-order valence-electron chi connectivity index (χ4n) is 2.73. The number of carbonyl (C=O) groups is 1. The topological polar surface area (TPSA) is 55.1 Å². The third kappa shape index (κ3) is 1.48. The number of hydrogen-bond acceptors (Lipinski definition) is 2. The fraction of sp³-hybridized carbons (Fsp3) is 0.700. The van der Waals surface area contributed by atoms with Crippen molar-refractivity contribution < 1.29 is 4.79 Å². The summed E-state index contributed by atoms with van der Waals surface area (Å²) in [6.07, 6.45) is 5.85. The smallest absolute Gasteiger partial charge is 0.243 e. The first kappa shape index (κ1) is 8.75. The van der Waals surface area contributed by atoms with Crippen molar-refractivity contribution in [3.63, 3.8) is 0 Å². The van der Waals surface area contributed by atoms with Crippen LogP contribution in [0.15, 0.2) is 12.7 Å². The van der Waals surface area contributed by atoms with Crippen LogP contribution in [0.4, 0.5) is 0 Å². The molecule has 3 heteroatoms. The molecule has 3 nitrogen and oxygen atoms in total. The van der Waals surface area contributed by atoms with Gasteiger partial charge in [0.05, 0.1) is 0 Å². The maximum absolute atomic E-state index is 10.9. The van der Waals surface area contributed by atoms with Gasteiger partial charge in [0.15, 0.2) is 0 Å². The summed E-state index contributed by atoms with van der Waals surface area (Å²) in [6, 6.07) is 0.786. The molecule has 0 aromatic rings. The Morgan fingerprint density at radius 2 is 2.08 bits per heavy atom. The molecule has 3 N–H and O–H groups in total. The SMILES string of the molecule is C=CC(=O)NC1CC2(CC(N)C2)C1. The predicted molar refractivity (Wildman–Crippen MR) is 51.0 cm³/mol. The van der Waals surface area contributed by atoms with Crippen LogP contribution in [0.2, 0.25) is 0 Å². The average molecular weight is 180 g/mol. The van der Waals surface area contributed by atoms with Gasteiger partial charge in [-0.3, -0.25) is 4.79 Å². The first-order valence-corrected chi connectivity index (χ1v) is 4.82. The highest BCUT2D eigenvalue weighted by atomic mass is 16.1. The molecule has 13 heavy (non-hydrogen) atoms. The lowest BCUT2D eigenvalue weighted by molar-refractivity contribution is -0.120. The molecule has 0 unspecified atom stereocenters.